The summed E-state index contributed by atoms with van der Waals surface area (Å²) in [6.45, 7) is 1.52. The topological polar surface area (TPSA) is 46.9 Å². The van der Waals surface area contributed by atoms with Crippen LogP contribution in [0.25, 0.3) is 0 Å². The lowest BCUT2D eigenvalue weighted by molar-refractivity contribution is 0.0956. The van der Waals surface area contributed by atoms with Gasteiger partial charge < -0.3 is 9.88 Å². The van der Waals surface area contributed by atoms with Crippen molar-refractivity contribution in [2.75, 3.05) is 12.3 Å². The minimum atomic E-state index is 0.0217. The van der Waals surface area contributed by atoms with Gasteiger partial charge >= 0.3 is 0 Å². The van der Waals surface area contributed by atoms with E-state index in [4.69, 9.17) is 0 Å². The van der Waals surface area contributed by atoms with Gasteiger partial charge in [-0.3, -0.25) is 4.79 Å². The highest BCUT2D eigenvalue weighted by molar-refractivity contribution is 7.99. The first-order valence-electron chi connectivity index (χ1n) is 8.76. The first kappa shape index (κ1) is 17.1. The summed E-state index contributed by atoms with van der Waals surface area (Å²) in [6, 6.07) is 7.81. The predicted octanol–water partition coefficient (Wildman–Crippen LogP) is 3.73. The highest BCUT2D eigenvalue weighted by Crippen LogP contribution is 2.27. The van der Waals surface area contributed by atoms with Crippen molar-refractivity contribution >= 4 is 17.7 Å². The van der Waals surface area contributed by atoms with Crippen LogP contribution in [0.4, 0.5) is 0 Å². The number of rotatable bonds is 7. The maximum absolute atomic E-state index is 12.2. The second-order valence-electron chi connectivity index (χ2n) is 6.32. The molecule has 1 fully saturated rings. The third kappa shape index (κ3) is 5.13. The Bertz CT molecular complexity index is 619. The molecule has 1 aromatic carbocycles. The van der Waals surface area contributed by atoms with E-state index in [2.05, 4.69) is 10.3 Å². The lowest BCUT2D eigenvalue weighted by atomic mass is 10.0. The number of amides is 1. The van der Waals surface area contributed by atoms with Gasteiger partial charge in [-0.15, -0.1) is 0 Å². The quantitative estimate of drug-likeness (QED) is 0.779. The molecule has 1 N–H and O–H groups in total. The zero-order chi connectivity index (χ0) is 16.6. The molecule has 128 valence electrons. The minimum absolute atomic E-state index is 0.0217. The largest absolute Gasteiger partial charge is 0.351 e. The van der Waals surface area contributed by atoms with Gasteiger partial charge in [-0.2, -0.15) is 11.8 Å². The molecule has 0 spiro atoms. The van der Waals surface area contributed by atoms with Crippen LogP contribution >= 0.6 is 11.8 Å². The number of carbonyl (C=O) groups excluding carboxylic acids is 1. The number of imidazole rings is 1. The third-order valence-corrected chi connectivity index (χ3v) is 5.82. The van der Waals surface area contributed by atoms with Crippen molar-refractivity contribution in [1.82, 2.24) is 14.9 Å². The lowest BCUT2D eigenvalue weighted by Gasteiger charge is -2.20. The summed E-state index contributed by atoms with van der Waals surface area (Å²) in [4.78, 5) is 16.2. The third-order valence-electron chi connectivity index (χ3n) is 4.43. The van der Waals surface area contributed by atoms with E-state index in [1.54, 1.807) is 12.5 Å². The SMILES string of the molecule is O=C(NCCSC1CCCCC1)c1ccc(Cn2ccnc2)cc1. The molecule has 0 bridgehead atoms. The number of carbonyl (C=O) groups is 1. The van der Waals surface area contributed by atoms with Crippen LogP contribution in [-0.4, -0.2) is 33.0 Å². The van der Waals surface area contributed by atoms with Gasteiger partial charge in [0.15, 0.2) is 0 Å². The first-order chi connectivity index (χ1) is 11.8. The Morgan fingerprint density at radius 3 is 2.71 bits per heavy atom. The second-order valence-corrected chi connectivity index (χ2v) is 7.73. The van der Waals surface area contributed by atoms with Crippen molar-refractivity contribution < 1.29 is 4.79 Å². The Labute approximate surface area is 148 Å². The predicted molar refractivity (Wildman–Crippen MR) is 99.4 cm³/mol. The van der Waals surface area contributed by atoms with E-state index in [0.29, 0.717) is 0 Å². The van der Waals surface area contributed by atoms with E-state index in [1.165, 1.54) is 32.1 Å². The van der Waals surface area contributed by atoms with Crippen molar-refractivity contribution in [1.29, 1.82) is 0 Å². The van der Waals surface area contributed by atoms with E-state index in [1.807, 2.05) is 46.8 Å². The molecule has 1 saturated carbocycles. The average molecular weight is 343 g/mol. The van der Waals surface area contributed by atoms with Crippen LogP contribution in [-0.2, 0) is 6.54 Å². The molecule has 1 aliphatic carbocycles. The van der Waals surface area contributed by atoms with Gasteiger partial charge in [0.25, 0.3) is 5.91 Å². The summed E-state index contributed by atoms with van der Waals surface area (Å²) in [7, 11) is 0. The second kappa shape index (κ2) is 8.92. The Hall–Kier alpha value is -1.75. The van der Waals surface area contributed by atoms with E-state index < -0.39 is 0 Å². The van der Waals surface area contributed by atoms with Gasteiger partial charge in [-0.25, -0.2) is 4.98 Å². The Balaban J connectivity index is 1.39. The van der Waals surface area contributed by atoms with Gasteiger partial charge in [-0.05, 0) is 30.5 Å². The molecular formula is C19H25N3OS. The van der Waals surface area contributed by atoms with Crippen LogP contribution in [0.15, 0.2) is 43.0 Å². The van der Waals surface area contributed by atoms with E-state index in [9.17, 15) is 4.79 Å². The van der Waals surface area contributed by atoms with E-state index in [0.717, 1.165) is 35.2 Å². The average Bonchev–Trinajstić information content (AvgIpc) is 3.13. The molecule has 0 atom stereocenters. The normalized spacial score (nSPS) is 15.3. The molecule has 1 aromatic heterocycles. The monoisotopic (exact) mass is 343 g/mol. The number of hydrogen-bond donors (Lipinski definition) is 1. The Morgan fingerprint density at radius 1 is 1.21 bits per heavy atom. The number of thioether (sulfide) groups is 1. The van der Waals surface area contributed by atoms with Crippen LogP contribution in [0.2, 0.25) is 0 Å². The molecule has 0 saturated heterocycles. The van der Waals surface area contributed by atoms with E-state index >= 15 is 0 Å². The fraction of sp³-hybridized carbons (Fsp3) is 0.474. The fourth-order valence-electron chi connectivity index (χ4n) is 3.08. The van der Waals surface area contributed by atoms with Crippen molar-refractivity contribution in [2.24, 2.45) is 0 Å². The highest BCUT2D eigenvalue weighted by Gasteiger charge is 2.13. The highest BCUT2D eigenvalue weighted by atomic mass is 32.2. The minimum Gasteiger partial charge on any atom is -0.351 e. The standard InChI is InChI=1S/C19H25N3OS/c23-19(21-11-13-24-18-4-2-1-3-5-18)17-8-6-16(7-9-17)14-22-12-10-20-15-22/h6-10,12,15,18H,1-5,11,13-14H2,(H,21,23). The van der Waals surface area contributed by atoms with E-state index in [-0.39, 0.29) is 5.91 Å². The van der Waals surface area contributed by atoms with Gasteiger partial charge in [-0.1, -0.05) is 31.4 Å². The van der Waals surface area contributed by atoms with Gasteiger partial charge in [0.1, 0.15) is 0 Å². The molecule has 4 nitrogen and oxygen atoms in total. The van der Waals surface area contributed by atoms with Crippen molar-refractivity contribution in [2.45, 2.75) is 43.9 Å². The summed E-state index contributed by atoms with van der Waals surface area (Å²) in [6.07, 6.45) is 12.3. The van der Waals surface area contributed by atoms with Crippen molar-refractivity contribution in [3.05, 3.63) is 54.1 Å². The molecule has 0 unspecified atom stereocenters. The van der Waals surface area contributed by atoms with Gasteiger partial charge in [0.2, 0.25) is 0 Å². The number of hydrogen-bond acceptors (Lipinski definition) is 3. The zero-order valence-electron chi connectivity index (χ0n) is 14.0. The van der Waals surface area contributed by atoms with Gasteiger partial charge in [0, 0.05) is 42.0 Å². The van der Waals surface area contributed by atoms with Crippen LogP contribution in [0.3, 0.4) is 0 Å². The van der Waals surface area contributed by atoms with Crippen molar-refractivity contribution in [3.63, 3.8) is 0 Å². The van der Waals surface area contributed by atoms with Crippen LogP contribution < -0.4 is 5.32 Å². The van der Waals surface area contributed by atoms with Crippen LogP contribution in [0.1, 0.15) is 48.0 Å². The Morgan fingerprint density at radius 2 is 2.00 bits per heavy atom. The van der Waals surface area contributed by atoms with Crippen LogP contribution in [0.5, 0.6) is 0 Å². The smallest absolute Gasteiger partial charge is 0.251 e. The lowest BCUT2D eigenvalue weighted by Crippen LogP contribution is -2.26. The molecule has 2 aromatic rings. The maximum atomic E-state index is 12.2. The summed E-state index contributed by atoms with van der Waals surface area (Å²) < 4.78 is 2.01. The molecule has 0 radical (unpaired) electrons. The molecular weight excluding hydrogens is 318 g/mol. The zero-order valence-corrected chi connectivity index (χ0v) is 14.8. The molecule has 1 amide bonds. The summed E-state index contributed by atoms with van der Waals surface area (Å²) in [5, 5.41) is 3.83. The molecule has 1 heterocycles. The Kier molecular flexibility index (Phi) is 6.35. The van der Waals surface area contributed by atoms with Crippen LogP contribution in [0, 0.1) is 0 Å². The molecule has 5 heteroatoms. The number of benzene rings is 1. The summed E-state index contributed by atoms with van der Waals surface area (Å²) in [5.41, 5.74) is 1.89. The van der Waals surface area contributed by atoms with Crippen molar-refractivity contribution in [3.8, 4) is 0 Å². The fourth-order valence-corrected chi connectivity index (χ4v) is 4.30. The molecule has 24 heavy (non-hydrogen) atoms. The first-order valence-corrected chi connectivity index (χ1v) is 9.80. The number of nitrogens with zero attached hydrogens (tertiary/aromatic N) is 2. The number of aromatic nitrogens is 2. The maximum Gasteiger partial charge on any atom is 0.251 e. The van der Waals surface area contributed by atoms with Gasteiger partial charge in [0.05, 0.1) is 6.33 Å². The summed E-state index contributed by atoms with van der Waals surface area (Å²) in [5.74, 6) is 1.03. The molecule has 1 aliphatic rings. The molecule has 3 rings (SSSR count). The molecule has 0 aliphatic heterocycles. The summed E-state index contributed by atoms with van der Waals surface area (Å²) >= 11 is 2.02. The number of nitrogens with one attached hydrogen (secondary N) is 1.